The number of primary amides is 1. The maximum absolute atomic E-state index is 13.7. The number of nitrogens with two attached hydrogens (primary N) is 1. The Bertz CT molecular complexity index is 953. The average molecular weight is 322 g/mol. The van der Waals surface area contributed by atoms with Gasteiger partial charge in [-0.2, -0.15) is 0 Å². The molecule has 4 rings (SSSR count). The highest BCUT2D eigenvalue weighted by atomic mass is 19.1. The molecule has 0 radical (unpaired) electrons. The van der Waals surface area contributed by atoms with Crippen LogP contribution in [0.5, 0.6) is 0 Å². The minimum absolute atomic E-state index is 0.297. The van der Waals surface area contributed by atoms with Crippen LogP contribution in [-0.4, -0.2) is 22.1 Å². The van der Waals surface area contributed by atoms with Crippen molar-refractivity contribution in [2.45, 2.75) is 18.9 Å². The lowest BCUT2D eigenvalue weighted by molar-refractivity contribution is 0.100. The van der Waals surface area contributed by atoms with Gasteiger partial charge < -0.3 is 11.1 Å². The van der Waals surface area contributed by atoms with E-state index in [9.17, 15) is 9.18 Å². The first-order valence-corrected chi connectivity index (χ1v) is 7.75. The van der Waals surface area contributed by atoms with Crippen LogP contribution < -0.4 is 11.1 Å². The summed E-state index contributed by atoms with van der Waals surface area (Å²) in [5.41, 5.74) is 8.09. The number of anilines is 1. The zero-order valence-corrected chi connectivity index (χ0v) is 12.8. The molecule has 1 saturated carbocycles. The summed E-state index contributed by atoms with van der Waals surface area (Å²) in [5.74, 6) is -0.936. The van der Waals surface area contributed by atoms with Crippen molar-refractivity contribution in [2.75, 3.05) is 5.32 Å². The molecule has 1 aliphatic rings. The van der Waals surface area contributed by atoms with Gasteiger partial charge in [0.2, 0.25) is 0 Å². The smallest absolute Gasteiger partial charge is 0.251 e. The summed E-state index contributed by atoms with van der Waals surface area (Å²) in [6.45, 7) is 0. The first-order chi connectivity index (χ1) is 11.6. The summed E-state index contributed by atoms with van der Waals surface area (Å²) in [5, 5.41) is 12.3. The molecule has 5 nitrogen and oxygen atoms in total. The predicted molar refractivity (Wildman–Crippen MR) is 90.1 cm³/mol. The van der Waals surface area contributed by atoms with Crippen LogP contribution in [0.4, 0.5) is 10.1 Å². The normalized spacial score (nSPS) is 13.9. The third-order valence-electron chi connectivity index (χ3n) is 4.09. The number of amides is 1. The van der Waals surface area contributed by atoms with E-state index in [1.54, 1.807) is 18.2 Å². The van der Waals surface area contributed by atoms with Crippen molar-refractivity contribution >= 4 is 22.5 Å². The molecule has 0 aliphatic heterocycles. The highest BCUT2D eigenvalue weighted by Gasteiger charge is 2.24. The van der Waals surface area contributed by atoms with Crippen molar-refractivity contribution in [1.82, 2.24) is 10.2 Å². The number of aromatic nitrogens is 2. The summed E-state index contributed by atoms with van der Waals surface area (Å²) in [4.78, 5) is 12.1. The number of fused-ring (bicyclic) bond motifs is 1. The second-order valence-corrected chi connectivity index (χ2v) is 5.91. The number of nitrogens with zero attached hydrogens (tertiary/aromatic N) is 2. The molecular formula is C18H15FN4O. The standard InChI is InChI=1S/C18H15FN4O/c19-10-5-8-13(15(9-10)21-11-6-7-11)17-16(18(20)24)12-3-1-2-4-14(12)22-23-17/h1-5,8-9,11,21H,6-7H2,(H2,20,24). The topological polar surface area (TPSA) is 80.9 Å². The molecule has 120 valence electrons. The van der Waals surface area contributed by atoms with Crippen molar-refractivity contribution in [3.63, 3.8) is 0 Å². The Morgan fingerprint density at radius 1 is 1.17 bits per heavy atom. The largest absolute Gasteiger partial charge is 0.382 e. The van der Waals surface area contributed by atoms with Gasteiger partial charge >= 0.3 is 0 Å². The Kier molecular flexibility index (Phi) is 3.37. The summed E-state index contributed by atoms with van der Waals surface area (Å²) >= 11 is 0. The second kappa shape index (κ2) is 5.56. The van der Waals surface area contributed by atoms with E-state index < -0.39 is 5.91 Å². The Labute approximate surface area is 137 Å². The van der Waals surface area contributed by atoms with E-state index in [0.717, 1.165) is 12.8 Å². The van der Waals surface area contributed by atoms with Crippen molar-refractivity contribution in [3.8, 4) is 11.3 Å². The molecule has 1 amide bonds. The lowest BCUT2D eigenvalue weighted by Crippen LogP contribution is -2.15. The average Bonchev–Trinajstić information content (AvgIpc) is 3.38. The van der Waals surface area contributed by atoms with Crippen LogP contribution in [0.2, 0.25) is 0 Å². The molecule has 0 spiro atoms. The van der Waals surface area contributed by atoms with E-state index in [-0.39, 0.29) is 5.82 Å². The second-order valence-electron chi connectivity index (χ2n) is 5.91. The maximum Gasteiger partial charge on any atom is 0.251 e. The Hall–Kier alpha value is -3.02. The first kappa shape index (κ1) is 14.6. The quantitative estimate of drug-likeness (QED) is 0.773. The van der Waals surface area contributed by atoms with Gasteiger partial charge in [-0.3, -0.25) is 4.79 Å². The Balaban J connectivity index is 1.96. The third-order valence-corrected chi connectivity index (χ3v) is 4.09. The molecule has 0 saturated heterocycles. The minimum Gasteiger partial charge on any atom is -0.382 e. The number of hydrogen-bond acceptors (Lipinski definition) is 4. The van der Waals surface area contributed by atoms with Gasteiger partial charge in [0, 0.05) is 22.7 Å². The highest BCUT2D eigenvalue weighted by molar-refractivity contribution is 6.10. The molecule has 3 aromatic rings. The van der Waals surface area contributed by atoms with Crippen LogP contribution in [0.15, 0.2) is 42.5 Å². The molecule has 2 aromatic carbocycles. The number of halogens is 1. The molecule has 1 fully saturated rings. The van der Waals surface area contributed by atoms with Gasteiger partial charge in [-0.25, -0.2) is 4.39 Å². The lowest BCUT2D eigenvalue weighted by Gasteiger charge is -2.14. The summed E-state index contributed by atoms with van der Waals surface area (Å²) in [6, 6.07) is 11.9. The Morgan fingerprint density at radius 2 is 1.96 bits per heavy atom. The van der Waals surface area contributed by atoms with Gasteiger partial charge in [0.05, 0.1) is 11.1 Å². The van der Waals surface area contributed by atoms with E-state index in [1.807, 2.05) is 12.1 Å². The molecular weight excluding hydrogens is 307 g/mol. The summed E-state index contributed by atoms with van der Waals surface area (Å²) < 4.78 is 13.7. The molecule has 1 heterocycles. The number of carbonyl (C=O) groups is 1. The molecule has 6 heteroatoms. The maximum atomic E-state index is 13.7. The van der Waals surface area contributed by atoms with Crippen LogP contribution in [-0.2, 0) is 0 Å². The van der Waals surface area contributed by atoms with E-state index >= 15 is 0 Å². The van der Waals surface area contributed by atoms with E-state index in [4.69, 9.17) is 5.73 Å². The summed E-state index contributed by atoms with van der Waals surface area (Å²) in [7, 11) is 0. The third kappa shape index (κ3) is 2.56. The molecule has 1 aromatic heterocycles. The van der Waals surface area contributed by atoms with Crippen LogP contribution in [0.1, 0.15) is 23.2 Å². The molecule has 1 aliphatic carbocycles. The van der Waals surface area contributed by atoms with Gasteiger partial charge in [-0.05, 0) is 37.1 Å². The van der Waals surface area contributed by atoms with Crippen molar-refractivity contribution in [1.29, 1.82) is 0 Å². The number of carbonyl (C=O) groups excluding carboxylic acids is 1. The molecule has 0 atom stereocenters. The van der Waals surface area contributed by atoms with E-state index in [0.29, 0.717) is 39.5 Å². The van der Waals surface area contributed by atoms with Gasteiger partial charge in [-0.1, -0.05) is 18.2 Å². The van der Waals surface area contributed by atoms with Crippen LogP contribution in [0, 0.1) is 5.82 Å². The fourth-order valence-electron chi connectivity index (χ4n) is 2.78. The first-order valence-electron chi connectivity index (χ1n) is 7.75. The van der Waals surface area contributed by atoms with Crippen LogP contribution in [0.3, 0.4) is 0 Å². The fourth-order valence-corrected chi connectivity index (χ4v) is 2.78. The lowest BCUT2D eigenvalue weighted by atomic mass is 10.00. The van der Waals surface area contributed by atoms with Crippen molar-refractivity contribution < 1.29 is 9.18 Å². The zero-order chi connectivity index (χ0) is 16.7. The number of benzene rings is 2. The van der Waals surface area contributed by atoms with E-state index in [2.05, 4.69) is 15.5 Å². The Morgan fingerprint density at radius 3 is 2.71 bits per heavy atom. The summed E-state index contributed by atoms with van der Waals surface area (Å²) in [6.07, 6.45) is 2.09. The van der Waals surface area contributed by atoms with Crippen LogP contribution in [0.25, 0.3) is 22.2 Å². The van der Waals surface area contributed by atoms with Crippen molar-refractivity contribution in [3.05, 3.63) is 53.8 Å². The number of nitrogens with one attached hydrogen (secondary N) is 1. The molecule has 0 bridgehead atoms. The minimum atomic E-state index is -0.585. The zero-order valence-electron chi connectivity index (χ0n) is 12.8. The predicted octanol–water partition coefficient (Wildman–Crippen LogP) is 3.11. The van der Waals surface area contributed by atoms with Gasteiger partial charge in [-0.15, -0.1) is 10.2 Å². The SMILES string of the molecule is NC(=O)c1c(-c2ccc(F)cc2NC2CC2)nnc2ccccc12. The number of rotatable bonds is 4. The van der Waals surface area contributed by atoms with Gasteiger partial charge in [0.15, 0.2) is 0 Å². The highest BCUT2D eigenvalue weighted by Crippen LogP contribution is 2.35. The van der Waals surface area contributed by atoms with Gasteiger partial charge in [0.25, 0.3) is 5.91 Å². The molecule has 24 heavy (non-hydrogen) atoms. The monoisotopic (exact) mass is 322 g/mol. The fraction of sp³-hybridized carbons (Fsp3) is 0.167. The molecule has 3 N–H and O–H groups in total. The van der Waals surface area contributed by atoms with Crippen LogP contribution >= 0.6 is 0 Å². The van der Waals surface area contributed by atoms with Gasteiger partial charge in [0.1, 0.15) is 11.5 Å². The van der Waals surface area contributed by atoms with Crippen molar-refractivity contribution in [2.24, 2.45) is 5.73 Å². The van der Waals surface area contributed by atoms with E-state index in [1.165, 1.54) is 12.1 Å². The number of hydrogen-bond donors (Lipinski definition) is 2. The molecule has 0 unspecified atom stereocenters.